The molecular weight excluding hydrogens is 366 g/mol. The van der Waals surface area contributed by atoms with E-state index in [0.717, 1.165) is 12.8 Å². The van der Waals surface area contributed by atoms with Crippen LogP contribution in [0.25, 0.3) is 0 Å². The van der Waals surface area contributed by atoms with Gasteiger partial charge in [-0.1, -0.05) is 13.8 Å². The molecule has 0 saturated carbocycles. The number of carbonyl (C=O) groups is 1. The second kappa shape index (κ2) is 9.03. The summed E-state index contributed by atoms with van der Waals surface area (Å²) in [7, 11) is -2.29. The Morgan fingerprint density at radius 1 is 1.19 bits per heavy atom. The Bertz CT molecular complexity index is 724. The van der Waals surface area contributed by atoms with Crippen LogP contribution in [0.1, 0.15) is 33.6 Å². The van der Waals surface area contributed by atoms with Crippen LogP contribution in [0.4, 0.5) is 0 Å². The van der Waals surface area contributed by atoms with Crippen molar-refractivity contribution in [1.29, 1.82) is 0 Å². The van der Waals surface area contributed by atoms with Crippen molar-refractivity contribution in [3.8, 4) is 5.75 Å². The highest BCUT2D eigenvalue weighted by atomic mass is 32.2. The molecule has 1 aromatic rings. The molecule has 2 unspecified atom stereocenters. The Labute approximate surface area is 162 Å². The van der Waals surface area contributed by atoms with Gasteiger partial charge in [0.1, 0.15) is 11.8 Å². The van der Waals surface area contributed by atoms with Crippen LogP contribution >= 0.6 is 0 Å². The highest BCUT2D eigenvalue weighted by molar-refractivity contribution is 7.89. The first-order chi connectivity index (χ1) is 12.7. The minimum absolute atomic E-state index is 0.108. The van der Waals surface area contributed by atoms with Crippen molar-refractivity contribution in [3.05, 3.63) is 24.3 Å². The molecule has 2 atom stereocenters. The number of nitrogens with zero attached hydrogens (tertiary/aromatic N) is 1. The number of piperidine rings is 1. The smallest absolute Gasteiger partial charge is 0.241 e. The van der Waals surface area contributed by atoms with Gasteiger partial charge in [0.25, 0.3) is 0 Å². The van der Waals surface area contributed by atoms with E-state index in [2.05, 4.69) is 4.72 Å². The molecule has 0 radical (unpaired) electrons. The summed E-state index contributed by atoms with van der Waals surface area (Å²) in [4.78, 5) is 14.8. The lowest BCUT2D eigenvalue weighted by Crippen LogP contribution is -2.53. The maximum Gasteiger partial charge on any atom is 0.241 e. The van der Waals surface area contributed by atoms with Gasteiger partial charge in [0.05, 0.1) is 12.0 Å². The molecule has 7 nitrogen and oxygen atoms in total. The lowest BCUT2D eigenvalue weighted by molar-refractivity contribution is -0.135. The van der Waals surface area contributed by atoms with Crippen LogP contribution in [0.15, 0.2) is 29.2 Å². The Hall–Kier alpha value is -1.64. The molecule has 1 aliphatic rings. The van der Waals surface area contributed by atoms with E-state index in [4.69, 9.17) is 10.5 Å². The maximum absolute atomic E-state index is 13.0. The van der Waals surface area contributed by atoms with Crippen molar-refractivity contribution in [3.63, 3.8) is 0 Å². The molecule has 2 rings (SSSR count). The van der Waals surface area contributed by atoms with Gasteiger partial charge in [-0.15, -0.1) is 0 Å². The van der Waals surface area contributed by atoms with Gasteiger partial charge in [-0.25, -0.2) is 8.42 Å². The molecule has 1 aromatic carbocycles. The molecule has 0 bridgehead atoms. The molecule has 152 valence electrons. The predicted octanol–water partition coefficient (Wildman–Crippen LogP) is 1.58. The fourth-order valence-corrected chi connectivity index (χ4v) is 4.64. The standard InChI is InChI=1S/C19H31N3O4S/c1-13(2)18(19(23)22-11-9-15(10-12-22)14(3)20)21-27(24,25)17-7-5-16(26-4)6-8-17/h5-8,13-15,18,21H,9-12,20H2,1-4H3. The fraction of sp³-hybridized carbons (Fsp3) is 0.632. The summed E-state index contributed by atoms with van der Waals surface area (Å²) in [5, 5.41) is 0. The summed E-state index contributed by atoms with van der Waals surface area (Å²) in [6, 6.07) is 5.41. The average Bonchev–Trinajstić information content (AvgIpc) is 2.65. The summed E-state index contributed by atoms with van der Waals surface area (Å²) in [5.74, 6) is 0.631. The van der Waals surface area contributed by atoms with Crippen LogP contribution in [0.2, 0.25) is 0 Å². The zero-order valence-electron chi connectivity index (χ0n) is 16.5. The zero-order valence-corrected chi connectivity index (χ0v) is 17.3. The second-order valence-corrected chi connectivity index (χ2v) is 9.25. The van der Waals surface area contributed by atoms with E-state index >= 15 is 0 Å². The van der Waals surface area contributed by atoms with Crippen molar-refractivity contribution in [2.24, 2.45) is 17.6 Å². The first kappa shape index (κ1) is 21.7. The summed E-state index contributed by atoms with van der Waals surface area (Å²) < 4.78 is 33.1. The zero-order chi connectivity index (χ0) is 20.2. The molecule has 3 N–H and O–H groups in total. The van der Waals surface area contributed by atoms with E-state index in [1.54, 1.807) is 17.0 Å². The number of likely N-dealkylation sites (tertiary alicyclic amines) is 1. The number of ether oxygens (including phenoxy) is 1. The van der Waals surface area contributed by atoms with Gasteiger partial charge in [-0.3, -0.25) is 4.79 Å². The lowest BCUT2D eigenvalue weighted by Gasteiger charge is -2.36. The van der Waals surface area contributed by atoms with E-state index in [-0.39, 0.29) is 22.8 Å². The Balaban J connectivity index is 2.11. The van der Waals surface area contributed by atoms with Crippen molar-refractivity contribution >= 4 is 15.9 Å². The van der Waals surface area contributed by atoms with Crippen LogP contribution in [-0.2, 0) is 14.8 Å². The minimum Gasteiger partial charge on any atom is -0.497 e. The van der Waals surface area contributed by atoms with Gasteiger partial charge in [-0.2, -0.15) is 4.72 Å². The highest BCUT2D eigenvalue weighted by Gasteiger charge is 2.33. The number of amides is 1. The molecule has 1 aliphatic heterocycles. The van der Waals surface area contributed by atoms with Gasteiger partial charge in [0.15, 0.2) is 0 Å². The minimum atomic E-state index is -3.81. The maximum atomic E-state index is 13.0. The summed E-state index contributed by atoms with van der Waals surface area (Å²) >= 11 is 0. The van der Waals surface area contributed by atoms with Crippen molar-refractivity contribution in [2.45, 2.75) is 50.6 Å². The number of hydrogen-bond acceptors (Lipinski definition) is 5. The van der Waals surface area contributed by atoms with E-state index in [1.807, 2.05) is 20.8 Å². The summed E-state index contributed by atoms with van der Waals surface area (Å²) in [6.45, 7) is 6.89. The van der Waals surface area contributed by atoms with Crippen LogP contribution in [0.5, 0.6) is 5.75 Å². The van der Waals surface area contributed by atoms with Crippen molar-refractivity contribution in [2.75, 3.05) is 20.2 Å². The van der Waals surface area contributed by atoms with Crippen LogP contribution in [0.3, 0.4) is 0 Å². The quantitative estimate of drug-likeness (QED) is 0.727. The third kappa shape index (κ3) is 5.43. The molecule has 1 fully saturated rings. The monoisotopic (exact) mass is 397 g/mol. The predicted molar refractivity (Wildman–Crippen MR) is 105 cm³/mol. The van der Waals surface area contributed by atoms with E-state index < -0.39 is 16.1 Å². The Kier molecular flexibility index (Phi) is 7.25. The molecular formula is C19H31N3O4S. The molecule has 1 saturated heterocycles. The van der Waals surface area contributed by atoms with Gasteiger partial charge >= 0.3 is 0 Å². The third-order valence-electron chi connectivity index (χ3n) is 5.18. The SMILES string of the molecule is COc1ccc(S(=O)(=O)NC(C(=O)N2CCC(C(C)N)CC2)C(C)C)cc1. The lowest BCUT2D eigenvalue weighted by atomic mass is 9.90. The normalized spacial score (nSPS) is 18.4. The number of hydrogen-bond donors (Lipinski definition) is 2. The van der Waals surface area contributed by atoms with Crippen LogP contribution < -0.4 is 15.2 Å². The molecule has 8 heteroatoms. The fourth-order valence-electron chi connectivity index (χ4n) is 3.30. The molecule has 27 heavy (non-hydrogen) atoms. The molecule has 0 spiro atoms. The number of sulfonamides is 1. The van der Waals surface area contributed by atoms with E-state index in [1.165, 1.54) is 19.2 Å². The summed E-state index contributed by atoms with van der Waals surface area (Å²) in [5.41, 5.74) is 5.96. The highest BCUT2D eigenvalue weighted by Crippen LogP contribution is 2.22. The number of benzene rings is 1. The van der Waals surface area contributed by atoms with E-state index in [0.29, 0.717) is 24.8 Å². The molecule has 1 heterocycles. The number of methoxy groups -OCH3 is 1. The van der Waals surface area contributed by atoms with Crippen LogP contribution in [0, 0.1) is 11.8 Å². The van der Waals surface area contributed by atoms with Gasteiger partial charge in [0.2, 0.25) is 15.9 Å². The average molecular weight is 398 g/mol. The molecule has 0 aromatic heterocycles. The van der Waals surface area contributed by atoms with E-state index in [9.17, 15) is 13.2 Å². The van der Waals surface area contributed by atoms with Gasteiger partial charge in [0, 0.05) is 19.1 Å². The first-order valence-electron chi connectivity index (χ1n) is 9.36. The topological polar surface area (TPSA) is 102 Å². The second-order valence-electron chi connectivity index (χ2n) is 7.54. The third-order valence-corrected chi connectivity index (χ3v) is 6.64. The Morgan fingerprint density at radius 2 is 1.74 bits per heavy atom. The van der Waals surface area contributed by atoms with Gasteiger partial charge < -0.3 is 15.4 Å². The molecule has 1 amide bonds. The van der Waals surface area contributed by atoms with Gasteiger partial charge in [-0.05, 0) is 55.9 Å². The number of nitrogens with one attached hydrogen (secondary N) is 1. The number of rotatable bonds is 7. The largest absolute Gasteiger partial charge is 0.497 e. The first-order valence-corrected chi connectivity index (χ1v) is 10.8. The molecule has 0 aliphatic carbocycles. The van der Waals surface area contributed by atoms with Crippen molar-refractivity contribution < 1.29 is 17.9 Å². The van der Waals surface area contributed by atoms with Crippen LogP contribution in [-0.4, -0.2) is 51.5 Å². The summed E-state index contributed by atoms with van der Waals surface area (Å²) in [6.07, 6.45) is 1.69. The number of carbonyl (C=O) groups excluding carboxylic acids is 1. The number of nitrogens with two attached hydrogens (primary N) is 1. The van der Waals surface area contributed by atoms with Crippen molar-refractivity contribution in [1.82, 2.24) is 9.62 Å². The Morgan fingerprint density at radius 3 is 2.19 bits per heavy atom.